The molecule has 2 nitrogen and oxygen atoms in total. The summed E-state index contributed by atoms with van der Waals surface area (Å²) in [5.41, 5.74) is 4.12. The largest absolute Gasteiger partial charge is 0.492 e. The second kappa shape index (κ2) is 9.50. The highest BCUT2D eigenvalue weighted by Gasteiger charge is 2.31. The van der Waals surface area contributed by atoms with Gasteiger partial charge in [0, 0.05) is 5.39 Å². The van der Waals surface area contributed by atoms with Gasteiger partial charge < -0.3 is 9.47 Å². The van der Waals surface area contributed by atoms with Crippen molar-refractivity contribution in [2.75, 3.05) is 7.11 Å². The molecule has 0 aromatic heterocycles. The molecule has 0 unspecified atom stereocenters. The standard InChI is InChI=1S/C31H33FO2/c1-20-12-11-19-31(4,5)28(20)21(2)22(3)29(32)25-16-10-18-27(30(25)33-6)34-26-17-9-14-23-13-7-8-15-24(23)26/h7-10,13-18H,2,11-12,19H2,1,3-6H3. The fraction of sp³-hybridized carbons (Fsp3) is 0.290. The molecule has 0 saturated carbocycles. The van der Waals surface area contributed by atoms with Gasteiger partial charge in [0.25, 0.3) is 0 Å². The number of hydrogen-bond acceptors (Lipinski definition) is 2. The maximum absolute atomic E-state index is 16.0. The lowest BCUT2D eigenvalue weighted by atomic mass is 9.69. The Morgan fingerprint density at radius 2 is 1.65 bits per heavy atom. The number of methoxy groups -OCH3 is 1. The van der Waals surface area contributed by atoms with Gasteiger partial charge in [-0.3, -0.25) is 0 Å². The molecule has 3 heteroatoms. The summed E-state index contributed by atoms with van der Waals surface area (Å²) in [6.45, 7) is 12.7. The van der Waals surface area contributed by atoms with Crippen LogP contribution in [0.3, 0.4) is 0 Å². The fourth-order valence-corrected chi connectivity index (χ4v) is 5.19. The van der Waals surface area contributed by atoms with E-state index in [-0.39, 0.29) is 11.2 Å². The number of halogens is 1. The van der Waals surface area contributed by atoms with E-state index in [2.05, 4.69) is 27.4 Å². The smallest absolute Gasteiger partial charge is 0.171 e. The zero-order valence-electron chi connectivity index (χ0n) is 20.8. The Morgan fingerprint density at radius 3 is 2.38 bits per heavy atom. The van der Waals surface area contributed by atoms with Gasteiger partial charge in [0.2, 0.25) is 0 Å². The average molecular weight is 457 g/mol. The maximum Gasteiger partial charge on any atom is 0.171 e. The minimum absolute atomic E-state index is 0.0234. The molecular weight excluding hydrogens is 423 g/mol. The van der Waals surface area contributed by atoms with E-state index < -0.39 is 0 Å². The number of benzene rings is 3. The second-order valence-electron chi connectivity index (χ2n) is 9.73. The number of hydrogen-bond donors (Lipinski definition) is 0. The van der Waals surface area contributed by atoms with Crippen LogP contribution in [0.2, 0.25) is 0 Å². The third-order valence-electron chi connectivity index (χ3n) is 6.93. The van der Waals surface area contributed by atoms with Crippen molar-refractivity contribution in [2.24, 2.45) is 5.41 Å². The van der Waals surface area contributed by atoms with Crippen molar-refractivity contribution in [1.82, 2.24) is 0 Å². The first-order valence-electron chi connectivity index (χ1n) is 11.8. The number of allylic oxidation sites excluding steroid dienone is 4. The lowest BCUT2D eigenvalue weighted by Gasteiger charge is -2.36. The molecule has 0 saturated heterocycles. The van der Waals surface area contributed by atoms with Gasteiger partial charge in [-0.15, -0.1) is 0 Å². The zero-order chi connectivity index (χ0) is 24.5. The summed E-state index contributed by atoms with van der Waals surface area (Å²) in [5, 5.41) is 2.06. The molecule has 0 heterocycles. The van der Waals surface area contributed by atoms with Crippen molar-refractivity contribution >= 4 is 16.6 Å². The second-order valence-corrected chi connectivity index (χ2v) is 9.73. The van der Waals surface area contributed by atoms with Crippen LogP contribution < -0.4 is 9.47 Å². The summed E-state index contributed by atoms with van der Waals surface area (Å²) < 4.78 is 27.9. The van der Waals surface area contributed by atoms with Gasteiger partial charge in [-0.25, -0.2) is 4.39 Å². The van der Waals surface area contributed by atoms with Crippen molar-refractivity contribution < 1.29 is 13.9 Å². The fourth-order valence-electron chi connectivity index (χ4n) is 5.19. The van der Waals surface area contributed by atoms with Crippen molar-refractivity contribution in [2.45, 2.75) is 47.0 Å². The summed E-state index contributed by atoms with van der Waals surface area (Å²) >= 11 is 0. The normalized spacial score (nSPS) is 16.3. The van der Waals surface area contributed by atoms with Crippen molar-refractivity contribution in [3.63, 3.8) is 0 Å². The van der Waals surface area contributed by atoms with E-state index in [4.69, 9.17) is 9.47 Å². The van der Waals surface area contributed by atoms with Crippen LogP contribution in [0.5, 0.6) is 17.2 Å². The van der Waals surface area contributed by atoms with E-state index in [0.717, 1.165) is 35.6 Å². The molecule has 3 aromatic rings. The van der Waals surface area contributed by atoms with Crippen LogP contribution in [0.25, 0.3) is 16.6 Å². The van der Waals surface area contributed by atoms with Gasteiger partial charge >= 0.3 is 0 Å². The van der Waals surface area contributed by atoms with Crippen molar-refractivity contribution in [3.8, 4) is 17.2 Å². The highest BCUT2D eigenvalue weighted by atomic mass is 19.1. The molecule has 1 aliphatic carbocycles. The molecule has 34 heavy (non-hydrogen) atoms. The number of rotatable bonds is 6. The molecule has 3 aromatic carbocycles. The minimum atomic E-state index is -0.341. The van der Waals surface area contributed by atoms with Gasteiger partial charge in [0.1, 0.15) is 11.6 Å². The number of para-hydroxylation sites is 1. The predicted octanol–water partition coefficient (Wildman–Crippen LogP) is 9.42. The van der Waals surface area contributed by atoms with Gasteiger partial charge in [0.05, 0.1) is 12.7 Å². The van der Waals surface area contributed by atoms with Crippen molar-refractivity contribution in [1.29, 1.82) is 0 Å². The van der Waals surface area contributed by atoms with Crippen LogP contribution in [0.15, 0.2) is 89.5 Å². The maximum atomic E-state index is 16.0. The molecule has 0 bridgehead atoms. The van der Waals surface area contributed by atoms with Crippen LogP contribution in [0.1, 0.15) is 52.5 Å². The first kappa shape index (κ1) is 23.8. The minimum Gasteiger partial charge on any atom is -0.492 e. The van der Waals surface area contributed by atoms with Crippen LogP contribution in [0, 0.1) is 5.41 Å². The Morgan fingerprint density at radius 1 is 0.971 bits per heavy atom. The van der Waals surface area contributed by atoms with Crippen molar-refractivity contribution in [3.05, 3.63) is 95.1 Å². The van der Waals surface area contributed by atoms with E-state index >= 15 is 4.39 Å². The SMILES string of the molecule is C=C(C(C)=C(F)c1cccc(Oc2cccc3ccccc23)c1OC)C1=C(C)CCCC1(C)C. The van der Waals surface area contributed by atoms with Crippen LogP contribution in [0.4, 0.5) is 4.39 Å². The molecule has 0 atom stereocenters. The molecule has 0 fully saturated rings. The first-order chi connectivity index (χ1) is 16.2. The van der Waals surface area contributed by atoms with Gasteiger partial charge in [-0.1, -0.05) is 68.5 Å². The zero-order valence-corrected chi connectivity index (χ0v) is 20.8. The first-order valence-corrected chi connectivity index (χ1v) is 11.8. The van der Waals surface area contributed by atoms with Crippen LogP contribution in [-0.4, -0.2) is 7.11 Å². The Bertz CT molecular complexity index is 1300. The highest BCUT2D eigenvalue weighted by molar-refractivity contribution is 5.88. The molecule has 0 spiro atoms. The summed E-state index contributed by atoms with van der Waals surface area (Å²) in [6, 6.07) is 19.2. The van der Waals surface area contributed by atoms with E-state index in [9.17, 15) is 0 Å². The summed E-state index contributed by atoms with van der Waals surface area (Å²) in [7, 11) is 1.54. The van der Waals surface area contributed by atoms with Crippen LogP contribution >= 0.6 is 0 Å². The third-order valence-corrected chi connectivity index (χ3v) is 6.93. The molecule has 176 valence electrons. The lowest BCUT2D eigenvalue weighted by molar-refractivity contribution is 0.373. The molecule has 1 aliphatic rings. The van der Waals surface area contributed by atoms with E-state index in [1.54, 1.807) is 32.2 Å². The molecule has 4 rings (SSSR count). The Labute approximate surface area is 202 Å². The highest BCUT2D eigenvalue weighted by Crippen LogP contribution is 2.47. The molecule has 0 aliphatic heterocycles. The van der Waals surface area contributed by atoms with E-state index in [0.29, 0.717) is 28.4 Å². The van der Waals surface area contributed by atoms with E-state index in [1.165, 1.54) is 11.1 Å². The van der Waals surface area contributed by atoms with Crippen LogP contribution in [-0.2, 0) is 0 Å². The molecular formula is C31H33FO2. The third kappa shape index (κ3) is 4.40. The number of fused-ring (bicyclic) bond motifs is 1. The molecule has 0 amide bonds. The van der Waals surface area contributed by atoms with Gasteiger partial charge in [0.15, 0.2) is 11.5 Å². The Balaban J connectivity index is 1.76. The summed E-state index contributed by atoms with van der Waals surface area (Å²) in [5.74, 6) is 1.20. The number of ether oxygens (including phenoxy) is 2. The quantitative estimate of drug-likeness (QED) is 0.344. The lowest BCUT2D eigenvalue weighted by Crippen LogP contribution is -2.22. The summed E-state index contributed by atoms with van der Waals surface area (Å²) in [4.78, 5) is 0. The van der Waals surface area contributed by atoms with Gasteiger partial charge in [-0.2, -0.15) is 0 Å². The summed E-state index contributed by atoms with van der Waals surface area (Å²) in [6.07, 6.45) is 3.26. The molecule has 0 radical (unpaired) electrons. The average Bonchev–Trinajstić information content (AvgIpc) is 2.82. The Kier molecular flexibility index (Phi) is 6.65. The topological polar surface area (TPSA) is 18.5 Å². The predicted molar refractivity (Wildman–Crippen MR) is 140 cm³/mol. The Hall–Kier alpha value is -3.33. The monoisotopic (exact) mass is 456 g/mol. The van der Waals surface area contributed by atoms with Gasteiger partial charge in [-0.05, 0) is 78.8 Å². The van der Waals surface area contributed by atoms with E-state index in [1.807, 2.05) is 42.5 Å². The molecule has 0 N–H and O–H groups in total.